The van der Waals surface area contributed by atoms with Gasteiger partial charge in [-0.2, -0.15) is 0 Å². The van der Waals surface area contributed by atoms with Crippen molar-refractivity contribution in [3.05, 3.63) is 77.9 Å². The van der Waals surface area contributed by atoms with Gasteiger partial charge in [-0.3, -0.25) is 9.59 Å². The van der Waals surface area contributed by atoms with E-state index in [1.807, 2.05) is 66.7 Å². The molecule has 0 saturated heterocycles. The van der Waals surface area contributed by atoms with E-state index in [0.29, 0.717) is 12.2 Å². The number of nitrogens with one attached hydrogen (secondary N) is 1. The van der Waals surface area contributed by atoms with Crippen molar-refractivity contribution >= 4 is 22.6 Å². The molecule has 1 amide bonds. The minimum Gasteiger partial charge on any atom is -0.492 e. The Morgan fingerprint density at radius 1 is 1.04 bits per heavy atom. The number of carbonyl (C=O) groups is 2. The number of carboxylic acid groups (broad SMARTS) is 1. The van der Waals surface area contributed by atoms with Gasteiger partial charge in [-0.15, -0.1) is 0 Å². The summed E-state index contributed by atoms with van der Waals surface area (Å²) in [7, 11) is 0. The van der Waals surface area contributed by atoms with Crippen molar-refractivity contribution in [2.75, 3.05) is 13.2 Å². The number of aliphatic carboxylic acids is 1. The van der Waals surface area contributed by atoms with Gasteiger partial charge in [-0.05, 0) is 28.8 Å². The van der Waals surface area contributed by atoms with Crippen LogP contribution < -0.4 is 10.1 Å². The number of hydrogen-bond acceptors (Lipinski definition) is 3. The Balaban J connectivity index is 1.42. The van der Waals surface area contributed by atoms with Crippen LogP contribution in [-0.2, 0) is 16.0 Å². The first-order chi connectivity index (χ1) is 13.6. The molecule has 142 valence electrons. The highest BCUT2D eigenvalue weighted by Gasteiger charge is 2.30. The third-order valence-electron chi connectivity index (χ3n) is 5.18. The first-order valence-corrected chi connectivity index (χ1v) is 9.32. The molecule has 28 heavy (non-hydrogen) atoms. The van der Waals surface area contributed by atoms with Gasteiger partial charge in [0.05, 0.1) is 5.92 Å². The zero-order chi connectivity index (χ0) is 19.5. The molecular formula is C23H21NO4. The lowest BCUT2D eigenvalue weighted by Crippen LogP contribution is -2.37. The second-order valence-electron chi connectivity index (χ2n) is 7.07. The summed E-state index contributed by atoms with van der Waals surface area (Å²) in [5.74, 6) is -1.49. The minimum absolute atomic E-state index is 0.0830. The van der Waals surface area contributed by atoms with Crippen molar-refractivity contribution in [3.8, 4) is 5.75 Å². The molecule has 2 atom stereocenters. The molecule has 0 radical (unpaired) electrons. The van der Waals surface area contributed by atoms with Gasteiger partial charge >= 0.3 is 5.97 Å². The number of para-hydroxylation sites is 1. The van der Waals surface area contributed by atoms with E-state index in [2.05, 4.69) is 5.32 Å². The topological polar surface area (TPSA) is 75.6 Å². The third kappa shape index (κ3) is 3.69. The molecule has 0 bridgehead atoms. The second-order valence-corrected chi connectivity index (χ2v) is 7.07. The van der Waals surface area contributed by atoms with E-state index < -0.39 is 17.8 Å². The van der Waals surface area contributed by atoms with Gasteiger partial charge in [0.25, 0.3) is 0 Å². The number of benzene rings is 3. The molecule has 1 aliphatic heterocycles. The monoisotopic (exact) mass is 375 g/mol. The fourth-order valence-corrected chi connectivity index (χ4v) is 3.62. The van der Waals surface area contributed by atoms with E-state index in [1.165, 1.54) is 0 Å². The highest BCUT2D eigenvalue weighted by atomic mass is 16.5. The van der Waals surface area contributed by atoms with Crippen LogP contribution in [0.5, 0.6) is 5.75 Å². The van der Waals surface area contributed by atoms with Crippen LogP contribution in [0.15, 0.2) is 66.7 Å². The van der Waals surface area contributed by atoms with Gasteiger partial charge in [0.15, 0.2) is 0 Å². The number of carboxylic acids is 1. The van der Waals surface area contributed by atoms with E-state index in [-0.39, 0.29) is 19.1 Å². The Morgan fingerprint density at radius 3 is 2.61 bits per heavy atom. The Morgan fingerprint density at radius 2 is 1.79 bits per heavy atom. The summed E-state index contributed by atoms with van der Waals surface area (Å²) in [6.07, 6.45) is 0.359. The Hall–Kier alpha value is -3.34. The molecule has 3 aromatic carbocycles. The predicted octanol–water partition coefficient (Wildman–Crippen LogP) is 3.38. The van der Waals surface area contributed by atoms with Crippen LogP contribution in [0, 0.1) is 5.92 Å². The number of fused-ring (bicyclic) bond motifs is 2. The molecule has 3 aromatic rings. The Labute approximate surface area is 162 Å². The predicted molar refractivity (Wildman–Crippen MR) is 106 cm³/mol. The Kier molecular flexibility index (Phi) is 4.98. The van der Waals surface area contributed by atoms with Crippen molar-refractivity contribution in [2.24, 2.45) is 5.92 Å². The quantitative estimate of drug-likeness (QED) is 0.693. The summed E-state index contributed by atoms with van der Waals surface area (Å²) in [6.45, 7) is 0.368. The standard InChI is InChI=1S/C23H21NO4/c25-22(20-14-28-21-8-4-3-7-19(20)21)24-13-18(23(26)27)12-15-9-10-16-5-1-2-6-17(16)11-15/h1-11,18,20H,12-14H2,(H,24,25)(H,26,27). The van der Waals surface area contributed by atoms with Crippen molar-refractivity contribution in [1.82, 2.24) is 5.32 Å². The lowest BCUT2D eigenvalue weighted by molar-refractivity contribution is -0.141. The van der Waals surface area contributed by atoms with Gasteiger partial charge < -0.3 is 15.2 Å². The van der Waals surface area contributed by atoms with E-state index in [9.17, 15) is 14.7 Å². The molecule has 0 fully saturated rings. The lowest BCUT2D eigenvalue weighted by Gasteiger charge is -2.16. The first kappa shape index (κ1) is 18.0. The van der Waals surface area contributed by atoms with Crippen LogP contribution in [0.4, 0.5) is 0 Å². The smallest absolute Gasteiger partial charge is 0.308 e. The summed E-state index contributed by atoms with van der Waals surface area (Å²) >= 11 is 0. The summed E-state index contributed by atoms with van der Waals surface area (Å²) in [5, 5.41) is 14.6. The summed E-state index contributed by atoms with van der Waals surface area (Å²) in [4.78, 5) is 24.3. The zero-order valence-corrected chi connectivity index (χ0v) is 15.3. The molecule has 5 heteroatoms. The van der Waals surface area contributed by atoms with Crippen molar-refractivity contribution in [3.63, 3.8) is 0 Å². The molecule has 0 spiro atoms. The van der Waals surface area contributed by atoms with Gasteiger partial charge in [-0.25, -0.2) is 0 Å². The molecule has 1 aliphatic rings. The van der Waals surface area contributed by atoms with E-state index in [0.717, 1.165) is 21.9 Å². The summed E-state index contributed by atoms with van der Waals surface area (Å²) < 4.78 is 5.55. The minimum atomic E-state index is -0.920. The normalized spacial score (nSPS) is 16.2. The fraction of sp³-hybridized carbons (Fsp3) is 0.217. The lowest BCUT2D eigenvalue weighted by atomic mass is 9.96. The molecule has 5 nitrogen and oxygen atoms in total. The molecule has 4 rings (SSSR count). The second kappa shape index (κ2) is 7.72. The van der Waals surface area contributed by atoms with Crippen LogP contribution >= 0.6 is 0 Å². The molecule has 0 aromatic heterocycles. The highest BCUT2D eigenvalue weighted by Crippen LogP contribution is 2.33. The van der Waals surface area contributed by atoms with Gasteiger partial charge in [0, 0.05) is 12.1 Å². The van der Waals surface area contributed by atoms with Gasteiger partial charge in [-0.1, -0.05) is 60.7 Å². The van der Waals surface area contributed by atoms with Crippen LogP contribution in [0.25, 0.3) is 10.8 Å². The fourth-order valence-electron chi connectivity index (χ4n) is 3.62. The molecular weight excluding hydrogens is 354 g/mol. The van der Waals surface area contributed by atoms with Crippen molar-refractivity contribution in [2.45, 2.75) is 12.3 Å². The number of carbonyl (C=O) groups excluding carboxylic acids is 1. The number of hydrogen-bond donors (Lipinski definition) is 2. The van der Waals surface area contributed by atoms with Crippen LogP contribution in [-0.4, -0.2) is 30.1 Å². The summed E-state index contributed by atoms with van der Waals surface area (Å²) in [5.41, 5.74) is 1.79. The SMILES string of the molecule is O=C(O)C(CNC(=O)C1COc2ccccc21)Cc1ccc2ccccc2c1. The van der Waals surface area contributed by atoms with Gasteiger partial charge in [0.2, 0.25) is 5.91 Å². The number of rotatable bonds is 6. The first-order valence-electron chi connectivity index (χ1n) is 9.32. The average Bonchev–Trinajstić information content (AvgIpc) is 3.15. The molecule has 2 N–H and O–H groups in total. The maximum Gasteiger partial charge on any atom is 0.308 e. The molecule has 1 heterocycles. The maximum absolute atomic E-state index is 12.6. The van der Waals surface area contributed by atoms with Crippen molar-refractivity contribution in [1.29, 1.82) is 0 Å². The number of ether oxygens (including phenoxy) is 1. The highest BCUT2D eigenvalue weighted by molar-refractivity contribution is 5.86. The van der Waals surface area contributed by atoms with E-state index in [1.54, 1.807) is 0 Å². The molecule has 0 aliphatic carbocycles. The van der Waals surface area contributed by atoms with Crippen LogP contribution in [0.3, 0.4) is 0 Å². The molecule has 0 saturated carbocycles. The van der Waals surface area contributed by atoms with E-state index >= 15 is 0 Å². The van der Waals surface area contributed by atoms with Crippen LogP contribution in [0.1, 0.15) is 17.0 Å². The summed E-state index contributed by atoms with van der Waals surface area (Å²) in [6, 6.07) is 21.4. The number of amides is 1. The van der Waals surface area contributed by atoms with Crippen molar-refractivity contribution < 1.29 is 19.4 Å². The maximum atomic E-state index is 12.6. The third-order valence-corrected chi connectivity index (χ3v) is 5.18. The van der Waals surface area contributed by atoms with Crippen LogP contribution in [0.2, 0.25) is 0 Å². The largest absolute Gasteiger partial charge is 0.492 e. The Bertz CT molecular complexity index is 1030. The molecule has 2 unspecified atom stereocenters. The average molecular weight is 375 g/mol. The van der Waals surface area contributed by atoms with E-state index in [4.69, 9.17) is 4.74 Å². The van der Waals surface area contributed by atoms with Gasteiger partial charge in [0.1, 0.15) is 18.3 Å². The zero-order valence-electron chi connectivity index (χ0n) is 15.3.